The maximum absolute atomic E-state index is 11.3. The highest BCUT2D eigenvalue weighted by molar-refractivity contribution is 5.29. The summed E-state index contributed by atoms with van der Waals surface area (Å²) in [6, 6.07) is 0. The summed E-state index contributed by atoms with van der Waals surface area (Å²) >= 11 is 0. The van der Waals surface area contributed by atoms with Gasteiger partial charge in [-0.15, -0.1) is 0 Å². The van der Waals surface area contributed by atoms with Gasteiger partial charge in [0.15, 0.2) is 0 Å². The number of fused-ring (bicyclic) bond motifs is 5. The van der Waals surface area contributed by atoms with Gasteiger partial charge in [0.25, 0.3) is 0 Å². The molecule has 33 heavy (non-hydrogen) atoms. The largest absolute Gasteiger partial charge is 0.393 e. The fourth-order valence-electron chi connectivity index (χ4n) is 8.80. The number of allylic oxidation sites excluding steroid dienone is 1. The second kappa shape index (κ2) is 9.91. The van der Waals surface area contributed by atoms with Gasteiger partial charge in [0.2, 0.25) is 0 Å². The third-order valence-corrected chi connectivity index (χ3v) is 10.8. The molecule has 0 radical (unpaired) electrons. The summed E-state index contributed by atoms with van der Waals surface area (Å²) in [5, 5.41) is 22.4. The van der Waals surface area contributed by atoms with E-state index < -0.39 is 0 Å². The van der Waals surface area contributed by atoms with Gasteiger partial charge in [-0.25, -0.2) is 0 Å². The van der Waals surface area contributed by atoms with Gasteiger partial charge in [0.05, 0.1) is 18.3 Å². The van der Waals surface area contributed by atoms with Crippen molar-refractivity contribution < 1.29 is 19.7 Å². The summed E-state index contributed by atoms with van der Waals surface area (Å²) in [5.41, 5.74) is 1.98. The van der Waals surface area contributed by atoms with E-state index in [2.05, 4.69) is 40.7 Å². The molecule has 3 fully saturated rings. The fraction of sp³-hybridized carbons (Fsp3) is 0.931. The highest BCUT2D eigenvalue weighted by Gasteiger charge is 2.60. The second-order valence-electron chi connectivity index (χ2n) is 13.0. The number of ether oxygens (including phenoxy) is 2. The van der Waals surface area contributed by atoms with Gasteiger partial charge < -0.3 is 19.7 Å². The molecule has 0 bridgehead atoms. The van der Waals surface area contributed by atoms with Crippen molar-refractivity contribution in [3.8, 4) is 0 Å². The minimum Gasteiger partial charge on any atom is -0.393 e. The molecule has 0 spiro atoms. The number of aliphatic hydroxyl groups is 2. The Balaban J connectivity index is 1.52. The highest BCUT2D eigenvalue weighted by Crippen LogP contribution is 2.67. The Hall–Kier alpha value is -0.420. The zero-order valence-corrected chi connectivity index (χ0v) is 22.1. The number of hydrogen-bond donors (Lipinski definition) is 2. The van der Waals surface area contributed by atoms with Gasteiger partial charge >= 0.3 is 0 Å². The Morgan fingerprint density at radius 2 is 1.70 bits per heavy atom. The van der Waals surface area contributed by atoms with E-state index in [1.165, 1.54) is 25.7 Å². The first-order valence-electron chi connectivity index (χ1n) is 13.8. The Labute approximate surface area is 202 Å². The summed E-state index contributed by atoms with van der Waals surface area (Å²) in [4.78, 5) is 0. The molecule has 0 aromatic rings. The molecule has 4 heteroatoms. The van der Waals surface area contributed by atoms with E-state index in [1.807, 2.05) is 0 Å². The van der Waals surface area contributed by atoms with Crippen LogP contribution in [0.2, 0.25) is 0 Å². The molecule has 4 aliphatic carbocycles. The van der Waals surface area contributed by atoms with Crippen molar-refractivity contribution in [1.82, 2.24) is 0 Å². The maximum Gasteiger partial charge on any atom is 0.146 e. The average molecular weight is 463 g/mol. The first-order chi connectivity index (χ1) is 15.6. The third kappa shape index (κ3) is 4.59. The molecule has 4 aliphatic rings. The van der Waals surface area contributed by atoms with Crippen LogP contribution in [0.5, 0.6) is 0 Å². The molecule has 0 aromatic carbocycles. The molecule has 2 N–H and O–H groups in total. The molecule has 190 valence electrons. The molecular formula is C29H50O4. The highest BCUT2D eigenvalue weighted by atomic mass is 16.7. The van der Waals surface area contributed by atoms with Crippen LogP contribution >= 0.6 is 0 Å². The lowest BCUT2D eigenvalue weighted by Gasteiger charge is -2.59. The Morgan fingerprint density at radius 1 is 1.00 bits per heavy atom. The van der Waals surface area contributed by atoms with Gasteiger partial charge in [-0.2, -0.15) is 0 Å². The van der Waals surface area contributed by atoms with E-state index >= 15 is 0 Å². The minimum atomic E-state index is -0.370. The van der Waals surface area contributed by atoms with Crippen molar-refractivity contribution in [3.63, 3.8) is 0 Å². The zero-order chi connectivity index (χ0) is 24.0. The lowest BCUT2D eigenvalue weighted by Crippen LogP contribution is -2.54. The molecule has 0 heterocycles. The van der Waals surface area contributed by atoms with Crippen LogP contribution in [-0.4, -0.2) is 42.4 Å². The lowest BCUT2D eigenvalue weighted by atomic mass is 9.47. The second-order valence-corrected chi connectivity index (χ2v) is 13.0. The SMILES string of the molecule is COCOC1CC[C@@]2(C)C(C1)C(O)C=C1[C@@H]3CC[C@H]([C@H](C)C(O)CCC(C)C)[C@@]3(C)CC[C@@H]12. The van der Waals surface area contributed by atoms with Gasteiger partial charge in [-0.1, -0.05) is 46.3 Å². The molecule has 3 saturated carbocycles. The Kier molecular flexibility index (Phi) is 7.71. The number of rotatable bonds is 8. The minimum absolute atomic E-state index is 0.165. The normalized spacial score (nSPS) is 44.6. The smallest absolute Gasteiger partial charge is 0.146 e. The third-order valence-electron chi connectivity index (χ3n) is 10.8. The van der Waals surface area contributed by atoms with Crippen LogP contribution in [0, 0.1) is 46.3 Å². The summed E-state index contributed by atoms with van der Waals surface area (Å²) in [6.45, 7) is 12.1. The fourth-order valence-corrected chi connectivity index (χ4v) is 8.80. The van der Waals surface area contributed by atoms with Crippen molar-refractivity contribution in [3.05, 3.63) is 11.6 Å². The predicted octanol–water partition coefficient (Wildman–Crippen LogP) is 5.96. The van der Waals surface area contributed by atoms with Gasteiger partial charge in [-0.05, 0) is 104 Å². The lowest BCUT2D eigenvalue weighted by molar-refractivity contribution is -0.133. The van der Waals surface area contributed by atoms with Crippen LogP contribution in [0.4, 0.5) is 0 Å². The molecule has 4 nitrogen and oxygen atoms in total. The monoisotopic (exact) mass is 462 g/mol. The number of hydrogen-bond acceptors (Lipinski definition) is 4. The van der Waals surface area contributed by atoms with Crippen LogP contribution in [0.15, 0.2) is 11.6 Å². The topological polar surface area (TPSA) is 58.9 Å². The summed E-state index contributed by atoms with van der Waals surface area (Å²) in [7, 11) is 1.68. The van der Waals surface area contributed by atoms with Crippen LogP contribution in [0.25, 0.3) is 0 Å². The van der Waals surface area contributed by atoms with Crippen molar-refractivity contribution in [2.45, 2.75) is 111 Å². The molecule has 10 atom stereocenters. The number of methoxy groups -OCH3 is 1. The van der Waals surface area contributed by atoms with Crippen LogP contribution in [0.3, 0.4) is 0 Å². The molecule has 4 unspecified atom stereocenters. The van der Waals surface area contributed by atoms with E-state index in [9.17, 15) is 10.2 Å². The van der Waals surface area contributed by atoms with E-state index in [-0.39, 0.29) is 35.1 Å². The van der Waals surface area contributed by atoms with E-state index in [1.54, 1.807) is 12.7 Å². The summed E-state index contributed by atoms with van der Waals surface area (Å²) in [6.07, 6.45) is 12.0. The van der Waals surface area contributed by atoms with Gasteiger partial charge in [0.1, 0.15) is 6.79 Å². The van der Waals surface area contributed by atoms with Gasteiger partial charge in [-0.3, -0.25) is 0 Å². The molecule has 0 saturated heterocycles. The van der Waals surface area contributed by atoms with Crippen molar-refractivity contribution in [2.24, 2.45) is 46.3 Å². The molecule has 4 rings (SSSR count). The molecule has 0 aromatic heterocycles. The van der Waals surface area contributed by atoms with E-state index in [4.69, 9.17) is 9.47 Å². The van der Waals surface area contributed by atoms with Crippen LogP contribution < -0.4 is 0 Å². The molecule has 0 aliphatic heterocycles. The van der Waals surface area contributed by atoms with Crippen LogP contribution in [-0.2, 0) is 9.47 Å². The summed E-state index contributed by atoms with van der Waals surface area (Å²) in [5.74, 6) is 3.00. The number of aliphatic hydroxyl groups excluding tert-OH is 2. The molecular weight excluding hydrogens is 412 g/mol. The summed E-state index contributed by atoms with van der Waals surface area (Å²) < 4.78 is 11.1. The van der Waals surface area contributed by atoms with Gasteiger partial charge in [0, 0.05) is 7.11 Å². The molecule has 0 amide bonds. The predicted molar refractivity (Wildman–Crippen MR) is 133 cm³/mol. The average Bonchev–Trinajstić information content (AvgIpc) is 3.13. The first kappa shape index (κ1) is 25.7. The van der Waals surface area contributed by atoms with Crippen LogP contribution in [0.1, 0.15) is 92.4 Å². The first-order valence-corrected chi connectivity index (χ1v) is 13.8. The maximum atomic E-state index is 11.3. The Morgan fingerprint density at radius 3 is 2.39 bits per heavy atom. The zero-order valence-electron chi connectivity index (χ0n) is 22.1. The van der Waals surface area contributed by atoms with Crippen molar-refractivity contribution in [1.29, 1.82) is 0 Å². The standard InChI is InChI=1S/C29H50O4/c1-18(2)7-10-26(30)19(3)22-8-9-23-21-16-27(31)25-15-20(33-17-32-6)11-13-29(25,5)24(21)12-14-28(22,23)4/h16,18-20,22-27,30-31H,7-15,17H2,1-6H3/t19-,20?,22+,23-,24-,25?,26?,27?,28+,29+/m0/s1. The van der Waals surface area contributed by atoms with E-state index in [0.717, 1.165) is 32.1 Å². The van der Waals surface area contributed by atoms with Crippen molar-refractivity contribution in [2.75, 3.05) is 13.9 Å². The quantitative estimate of drug-likeness (QED) is 0.345. The van der Waals surface area contributed by atoms with Crippen molar-refractivity contribution >= 4 is 0 Å². The van der Waals surface area contributed by atoms with E-state index in [0.29, 0.717) is 36.4 Å². The Bertz CT molecular complexity index is 704.